The van der Waals surface area contributed by atoms with E-state index in [2.05, 4.69) is 11.9 Å². The highest BCUT2D eigenvalue weighted by atomic mass is 35.5. The number of carbonyl (C=O) groups is 1. The van der Waals surface area contributed by atoms with E-state index in [1.165, 1.54) is 18.2 Å². The first-order valence-corrected chi connectivity index (χ1v) is 10.0. The van der Waals surface area contributed by atoms with Crippen molar-refractivity contribution in [2.45, 2.75) is 52.0 Å². The van der Waals surface area contributed by atoms with Gasteiger partial charge in [0, 0.05) is 21.2 Å². The lowest BCUT2D eigenvalue weighted by molar-refractivity contribution is -0.0321. The van der Waals surface area contributed by atoms with E-state index in [-0.39, 0.29) is 33.7 Å². The number of thioether (sulfide) groups is 1. The molecule has 0 aliphatic rings. The highest BCUT2D eigenvalue weighted by molar-refractivity contribution is 8.04. The molecular formula is C21H25ClF3NO2S. The van der Waals surface area contributed by atoms with Crippen molar-refractivity contribution in [2.24, 2.45) is 0 Å². The third-order valence-corrected chi connectivity index (χ3v) is 5.06. The molecule has 0 aliphatic heterocycles. The number of hydrogen-bond acceptors (Lipinski definition) is 3. The molecule has 0 aliphatic carbocycles. The number of nitrogens with one attached hydrogen (secondary N) is 1. The lowest BCUT2D eigenvalue weighted by Crippen LogP contribution is -2.24. The van der Waals surface area contributed by atoms with Gasteiger partial charge in [-0.3, -0.25) is 4.79 Å². The van der Waals surface area contributed by atoms with Crippen LogP contribution >= 0.6 is 23.4 Å². The van der Waals surface area contributed by atoms with Crippen LogP contribution in [0.2, 0.25) is 5.02 Å². The van der Waals surface area contributed by atoms with Gasteiger partial charge in [-0.2, -0.15) is 13.2 Å². The van der Waals surface area contributed by atoms with Crippen LogP contribution < -0.4 is 5.32 Å². The number of alkyl halides is 3. The second-order valence-corrected chi connectivity index (χ2v) is 8.93. The van der Waals surface area contributed by atoms with E-state index in [1.54, 1.807) is 19.9 Å². The van der Waals surface area contributed by atoms with Gasteiger partial charge >= 0.3 is 5.51 Å². The normalized spacial score (nSPS) is 13.1. The summed E-state index contributed by atoms with van der Waals surface area (Å²) in [5.74, 6) is -0.833. The zero-order valence-electron chi connectivity index (χ0n) is 17.0. The molecule has 0 aromatic heterocycles. The van der Waals surface area contributed by atoms with Crippen LogP contribution in [-0.4, -0.2) is 16.5 Å². The molecule has 1 rings (SSSR count). The molecular weight excluding hydrogens is 423 g/mol. The quantitative estimate of drug-likeness (QED) is 0.461. The smallest absolute Gasteiger partial charge is 0.446 e. The minimum atomic E-state index is -4.41. The van der Waals surface area contributed by atoms with Gasteiger partial charge in [0.2, 0.25) is 0 Å². The second-order valence-electron chi connectivity index (χ2n) is 7.38. The molecule has 0 atom stereocenters. The number of hydrogen-bond donors (Lipinski definition) is 2. The minimum Gasteiger partial charge on any atom is -0.507 e. The number of amides is 1. The summed E-state index contributed by atoms with van der Waals surface area (Å²) in [6.07, 6.45) is 4.36. The van der Waals surface area contributed by atoms with Crippen LogP contribution in [0.5, 0.6) is 5.75 Å². The molecule has 0 bridgehead atoms. The molecule has 1 amide bonds. The van der Waals surface area contributed by atoms with E-state index in [9.17, 15) is 23.1 Å². The predicted molar refractivity (Wildman–Crippen MR) is 114 cm³/mol. The maximum absolute atomic E-state index is 12.7. The first-order chi connectivity index (χ1) is 13.2. The van der Waals surface area contributed by atoms with E-state index in [0.717, 1.165) is 0 Å². The highest BCUT2D eigenvalue weighted by Crippen LogP contribution is 2.39. The molecule has 2 N–H and O–H groups in total. The topological polar surface area (TPSA) is 49.3 Å². The summed E-state index contributed by atoms with van der Waals surface area (Å²) < 4.78 is 37.8. The van der Waals surface area contributed by atoms with Crippen molar-refractivity contribution < 1.29 is 23.1 Å². The number of benzene rings is 1. The molecule has 3 nitrogen and oxygen atoms in total. The number of rotatable bonds is 6. The van der Waals surface area contributed by atoms with Crippen LogP contribution in [0.1, 0.15) is 55.6 Å². The summed E-state index contributed by atoms with van der Waals surface area (Å²) in [5.41, 5.74) is -3.88. The van der Waals surface area contributed by atoms with E-state index >= 15 is 0 Å². The van der Waals surface area contributed by atoms with Gasteiger partial charge in [-0.25, -0.2) is 0 Å². The van der Waals surface area contributed by atoms with Crippen LogP contribution in [0.3, 0.4) is 0 Å². The van der Waals surface area contributed by atoms with E-state index in [0.29, 0.717) is 22.6 Å². The summed E-state index contributed by atoms with van der Waals surface area (Å²) in [6, 6.07) is 1.62. The van der Waals surface area contributed by atoms with Gasteiger partial charge in [0.1, 0.15) is 5.75 Å². The monoisotopic (exact) mass is 447 g/mol. The molecule has 8 heteroatoms. The van der Waals surface area contributed by atoms with Gasteiger partial charge in [0.05, 0.1) is 5.56 Å². The van der Waals surface area contributed by atoms with Gasteiger partial charge in [0.25, 0.3) is 5.91 Å². The first kappa shape index (κ1) is 25.2. The van der Waals surface area contributed by atoms with Crippen molar-refractivity contribution in [3.63, 3.8) is 0 Å². The lowest BCUT2D eigenvalue weighted by atomic mass is 9.84. The number of aromatic hydroxyl groups is 1. The van der Waals surface area contributed by atoms with Crippen LogP contribution in [0.4, 0.5) is 13.2 Å². The zero-order valence-corrected chi connectivity index (χ0v) is 18.6. The fourth-order valence-corrected chi connectivity index (χ4v) is 3.35. The summed E-state index contributed by atoms with van der Waals surface area (Å²) in [5, 5.41) is 13.4. The van der Waals surface area contributed by atoms with Crippen molar-refractivity contribution >= 4 is 29.3 Å². The highest BCUT2D eigenvalue weighted by Gasteiger charge is 2.29. The Bertz CT molecular complexity index is 853. The molecule has 1 aromatic rings. The Balaban J connectivity index is 3.12. The zero-order chi connectivity index (χ0) is 22.6. The molecule has 0 radical (unpaired) electrons. The van der Waals surface area contributed by atoms with Gasteiger partial charge in [-0.1, -0.05) is 52.0 Å². The average molecular weight is 448 g/mol. The Hall–Kier alpha value is -1.86. The SMILES string of the molecule is C=C(/C=C\C(=C/CC)SC(F)(F)F)NC(=O)c1c(C)c(Cl)cc(C(C)(C)C)c1O. The number of phenolic OH excluding ortho intramolecular Hbond substituents is 1. The lowest BCUT2D eigenvalue weighted by Gasteiger charge is -2.23. The fraction of sp³-hybridized carbons (Fsp3) is 0.381. The third kappa shape index (κ3) is 7.48. The number of halogens is 4. The maximum atomic E-state index is 12.7. The van der Waals surface area contributed by atoms with Crippen LogP contribution in [0, 0.1) is 6.92 Å². The van der Waals surface area contributed by atoms with Gasteiger partial charge in [-0.15, -0.1) is 0 Å². The number of carbonyl (C=O) groups excluding carboxylic acids is 1. The molecule has 1 aromatic carbocycles. The average Bonchev–Trinajstić information content (AvgIpc) is 2.54. The van der Waals surface area contributed by atoms with Crippen molar-refractivity contribution in [1.82, 2.24) is 5.32 Å². The Kier molecular flexibility index (Phi) is 8.47. The van der Waals surface area contributed by atoms with Gasteiger partial charge in [-0.05, 0) is 54.3 Å². The standard InChI is InChI=1S/C21H25ClF3NO2S/c1-7-8-14(29-21(23,24)25)10-9-12(2)26-19(28)17-13(3)16(22)11-15(18(17)27)20(4,5)6/h8-11,27H,2,7H2,1,3-6H3,(H,26,28)/b10-9-,14-8+. The van der Waals surface area contributed by atoms with Crippen LogP contribution in [0.15, 0.2) is 41.5 Å². The Morgan fingerprint density at radius 3 is 2.38 bits per heavy atom. The fourth-order valence-electron chi connectivity index (χ4n) is 2.50. The molecule has 0 heterocycles. The predicted octanol–water partition coefficient (Wildman–Crippen LogP) is 7.00. The van der Waals surface area contributed by atoms with Crippen molar-refractivity contribution in [3.8, 4) is 5.75 Å². The Morgan fingerprint density at radius 1 is 1.31 bits per heavy atom. The van der Waals surface area contributed by atoms with E-state index < -0.39 is 16.8 Å². The van der Waals surface area contributed by atoms with Crippen molar-refractivity contribution in [2.75, 3.05) is 0 Å². The number of allylic oxidation sites excluding steroid dienone is 3. The summed E-state index contributed by atoms with van der Waals surface area (Å²) in [4.78, 5) is 12.7. The molecule has 0 unspecified atom stereocenters. The van der Waals surface area contributed by atoms with Crippen molar-refractivity contribution in [1.29, 1.82) is 0 Å². The molecule has 29 heavy (non-hydrogen) atoms. The first-order valence-electron chi connectivity index (χ1n) is 8.84. The van der Waals surface area contributed by atoms with Crippen molar-refractivity contribution in [3.05, 3.63) is 63.2 Å². The van der Waals surface area contributed by atoms with Gasteiger partial charge < -0.3 is 10.4 Å². The Morgan fingerprint density at radius 2 is 1.90 bits per heavy atom. The largest absolute Gasteiger partial charge is 0.507 e. The van der Waals surface area contributed by atoms with Crippen LogP contribution in [-0.2, 0) is 5.41 Å². The summed E-state index contributed by atoms with van der Waals surface area (Å²) >= 11 is 5.99. The third-order valence-electron chi connectivity index (χ3n) is 3.89. The summed E-state index contributed by atoms with van der Waals surface area (Å²) in [7, 11) is 0. The maximum Gasteiger partial charge on any atom is 0.446 e. The molecule has 0 saturated heterocycles. The molecule has 0 fully saturated rings. The molecule has 160 valence electrons. The molecule has 0 saturated carbocycles. The van der Waals surface area contributed by atoms with E-state index in [4.69, 9.17) is 11.6 Å². The van der Waals surface area contributed by atoms with Crippen LogP contribution in [0.25, 0.3) is 0 Å². The minimum absolute atomic E-state index is 0.00552. The molecule has 0 spiro atoms. The number of phenols is 1. The summed E-state index contributed by atoms with van der Waals surface area (Å²) in [6.45, 7) is 12.6. The van der Waals surface area contributed by atoms with E-state index in [1.807, 2.05) is 20.8 Å². The van der Waals surface area contributed by atoms with Gasteiger partial charge in [0.15, 0.2) is 0 Å². The Labute approximate surface area is 178 Å². The second kappa shape index (κ2) is 9.76.